The molecule has 85 valence electrons. The van der Waals surface area contributed by atoms with Crippen molar-refractivity contribution in [2.24, 2.45) is 5.92 Å². The van der Waals surface area contributed by atoms with Gasteiger partial charge in [-0.2, -0.15) is 0 Å². The van der Waals surface area contributed by atoms with E-state index in [2.05, 4.69) is 13.8 Å². The molecule has 0 bridgehead atoms. The molecule has 0 aromatic heterocycles. The van der Waals surface area contributed by atoms with Gasteiger partial charge in [-0.3, -0.25) is 0 Å². The summed E-state index contributed by atoms with van der Waals surface area (Å²) in [5.41, 5.74) is 2.30. The first-order chi connectivity index (χ1) is 7.72. The number of hydrogen-bond acceptors (Lipinski definition) is 3. The van der Waals surface area contributed by atoms with Gasteiger partial charge in [-0.15, -0.1) is 0 Å². The molecule has 1 aromatic carbocycles. The van der Waals surface area contributed by atoms with Gasteiger partial charge in [0.05, 0.1) is 12.7 Å². The van der Waals surface area contributed by atoms with E-state index in [9.17, 15) is 0 Å². The van der Waals surface area contributed by atoms with E-state index in [0.29, 0.717) is 12.5 Å². The third kappa shape index (κ3) is 2.23. The van der Waals surface area contributed by atoms with Crippen LogP contribution in [0.25, 0.3) is 0 Å². The molecule has 0 amide bonds. The Bertz CT molecular complexity index is 365. The molecular weight excluding hydrogens is 203 g/mol. The fraction of sp³-hybridized carbons (Fsp3) is 0.500. The molecule has 1 aromatic rings. The Labute approximate surface area is 96.7 Å². The normalized spacial score (nSPS) is 19.4. The molecule has 1 aliphatic rings. The maximum Gasteiger partial charge on any atom is 0.569 e. The van der Waals surface area contributed by atoms with Crippen molar-refractivity contribution >= 4 is 7.69 Å². The minimum atomic E-state index is 0.232. The highest BCUT2D eigenvalue weighted by atomic mass is 16.5. The van der Waals surface area contributed by atoms with Crippen molar-refractivity contribution < 1.29 is 14.4 Å². The first kappa shape index (κ1) is 11.5. The molecule has 1 aliphatic heterocycles. The minimum absolute atomic E-state index is 0.232. The van der Waals surface area contributed by atoms with Gasteiger partial charge in [0.2, 0.25) is 0 Å². The summed E-state index contributed by atoms with van der Waals surface area (Å²) in [5, 5.41) is 8.72. The van der Waals surface area contributed by atoms with Crippen LogP contribution < -0.4 is 4.65 Å². The molecule has 4 heteroatoms. The third-order valence-electron chi connectivity index (χ3n) is 3.01. The lowest BCUT2D eigenvalue weighted by atomic mass is 9.92. The highest BCUT2D eigenvalue weighted by molar-refractivity contribution is 6.17. The van der Waals surface area contributed by atoms with Crippen molar-refractivity contribution in [2.75, 3.05) is 0 Å². The van der Waals surface area contributed by atoms with E-state index in [-0.39, 0.29) is 6.10 Å². The van der Waals surface area contributed by atoms with Crippen LogP contribution in [0, 0.1) is 5.92 Å². The second kappa shape index (κ2) is 4.89. The zero-order chi connectivity index (χ0) is 11.5. The van der Waals surface area contributed by atoms with Crippen LogP contribution in [0.2, 0.25) is 0 Å². The van der Waals surface area contributed by atoms with E-state index < -0.39 is 0 Å². The lowest BCUT2D eigenvalue weighted by Gasteiger charge is -2.29. The van der Waals surface area contributed by atoms with Crippen LogP contribution in [0.1, 0.15) is 25.0 Å². The van der Waals surface area contributed by atoms with Gasteiger partial charge in [0, 0.05) is 12.0 Å². The van der Waals surface area contributed by atoms with Crippen LogP contribution in [0.3, 0.4) is 0 Å². The van der Waals surface area contributed by atoms with Gasteiger partial charge in [-0.05, 0) is 17.5 Å². The van der Waals surface area contributed by atoms with Crippen molar-refractivity contribution in [3.8, 4) is 5.75 Å². The van der Waals surface area contributed by atoms with E-state index in [1.807, 2.05) is 18.2 Å². The SMILES string of the molecule is CC(C)C1Cc2c(cccc2O[B]O)CO1. The lowest BCUT2D eigenvalue weighted by molar-refractivity contribution is -0.000730. The van der Waals surface area contributed by atoms with Gasteiger partial charge in [0.1, 0.15) is 5.75 Å². The van der Waals surface area contributed by atoms with Crippen LogP contribution in [-0.2, 0) is 17.8 Å². The van der Waals surface area contributed by atoms with Crippen molar-refractivity contribution in [3.63, 3.8) is 0 Å². The number of fused-ring (bicyclic) bond motifs is 1. The number of rotatable bonds is 3. The Morgan fingerprint density at radius 2 is 2.31 bits per heavy atom. The Balaban J connectivity index is 2.26. The fourth-order valence-corrected chi connectivity index (χ4v) is 2.03. The van der Waals surface area contributed by atoms with E-state index >= 15 is 0 Å². The summed E-state index contributed by atoms with van der Waals surface area (Å²) in [6.45, 7) is 4.93. The molecule has 1 atom stereocenters. The zero-order valence-corrected chi connectivity index (χ0v) is 9.64. The largest absolute Gasteiger partial charge is 0.569 e. The number of ether oxygens (including phenoxy) is 1. The molecule has 2 rings (SSSR count). The maximum absolute atomic E-state index is 8.72. The Morgan fingerprint density at radius 1 is 1.50 bits per heavy atom. The fourth-order valence-electron chi connectivity index (χ4n) is 2.03. The molecule has 1 unspecified atom stereocenters. The van der Waals surface area contributed by atoms with E-state index in [0.717, 1.165) is 31.0 Å². The van der Waals surface area contributed by atoms with Gasteiger partial charge in [-0.1, -0.05) is 26.0 Å². The Kier molecular flexibility index (Phi) is 3.51. The molecule has 0 saturated heterocycles. The first-order valence-corrected chi connectivity index (χ1v) is 5.57. The van der Waals surface area contributed by atoms with Crippen molar-refractivity contribution in [3.05, 3.63) is 29.3 Å². The molecule has 1 heterocycles. The van der Waals surface area contributed by atoms with Crippen molar-refractivity contribution in [2.45, 2.75) is 33.0 Å². The van der Waals surface area contributed by atoms with Gasteiger partial charge in [0.15, 0.2) is 0 Å². The molecule has 1 N–H and O–H groups in total. The van der Waals surface area contributed by atoms with Gasteiger partial charge >= 0.3 is 7.69 Å². The third-order valence-corrected chi connectivity index (χ3v) is 3.01. The second-order valence-electron chi connectivity index (χ2n) is 4.41. The standard InChI is InChI=1S/C12H16BO3/c1-8(2)12-6-10-9(7-15-12)4-3-5-11(10)16-13-14/h3-5,8,12,14H,6-7H2,1-2H3. The van der Waals surface area contributed by atoms with Crippen molar-refractivity contribution in [1.29, 1.82) is 0 Å². The summed E-state index contributed by atoms with van der Waals surface area (Å²) in [7, 11) is 0.732. The predicted octanol–water partition coefficient (Wildman–Crippen LogP) is 1.69. The lowest BCUT2D eigenvalue weighted by Crippen LogP contribution is -2.27. The number of benzene rings is 1. The maximum atomic E-state index is 8.72. The van der Waals surface area contributed by atoms with Crippen LogP contribution in [-0.4, -0.2) is 18.8 Å². The topological polar surface area (TPSA) is 38.7 Å². The van der Waals surface area contributed by atoms with E-state index in [4.69, 9.17) is 14.4 Å². The molecule has 3 nitrogen and oxygen atoms in total. The van der Waals surface area contributed by atoms with Crippen LogP contribution in [0.5, 0.6) is 5.75 Å². The van der Waals surface area contributed by atoms with E-state index in [1.165, 1.54) is 0 Å². The molecule has 0 saturated carbocycles. The van der Waals surface area contributed by atoms with Gasteiger partial charge in [0.25, 0.3) is 0 Å². The monoisotopic (exact) mass is 219 g/mol. The highest BCUT2D eigenvalue weighted by Gasteiger charge is 2.24. The van der Waals surface area contributed by atoms with Crippen LogP contribution in [0.4, 0.5) is 0 Å². The molecule has 1 radical (unpaired) electrons. The predicted molar refractivity (Wildman–Crippen MR) is 62.2 cm³/mol. The van der Waals surface area contributed by atoms with Gasteiger partial charge in [-0.25, -0.2) is 0 Å². The highest BCUT2D eigenvalue weighted by Crippen LogP contribution is 2.31. The second-order valence-corrected chi connectivity index (χ2v) is 4.41. The molecule has 0 fully saturated rings. The summed E-state index contributed by atoms with van der Waals surface area (Å²) in [6, 6.07) is 5.82. The summed E-state index contributed by atoms with van der Waals surface area (Å²) in [5.74, 6) is 1.22. The summed E-state index contributed by atoms with van der Waals surface area (Å²) >= 11 is 0. The first-order valence-electron chi connectivity index (χ1n) is 5.57. The Hall–Kier alpha value is -0.995. The van der Waals surface area contributed by atoms with Gasteiger partial charge < -0.3 is 14.4 Å². The molecule has 16 heavy (non-hydrogen) atoms. The average Bonchev–Trinajstić information content (AvgIpc) is 2.29. The van der Waals surface area contributed by atoms with Crippen LogP contribution in [0.15, 0.2) is 18.2 Å². The summed E-state index contributed by atoms with van der Waals surface area (Å²) < 4.78 is 10.9. The van der Waals surface area contributed by atoms with Crippen LogP contribution >= 0.6 is 0 Å². The summed E-state index contributed by atoms with van der Waals surface area (Å²) in [4.78, 5) is 0. The molecule has 0 aliphatic carbocycles. The zero-order valence-electron chi connectivity index (χ0n) is 9.64. The smallest absolute Gasteiger partial charge is 0.537 e. The Morgan fingerprint density at radius 3 is 3.00 bits per heavy atom. The average molecular weight is 219 g/mol. The minimum Gasteiger partial charge on any atom is -0.537 e. The van der Waals surface area contributed by atoms with Crippen molar-refractivity contribution in [1.82, 2.24) is 0 Å². The molecule has 0 spiro atoms. The van der Waals surface area contributed by atoms with E-state index in [1.54, 1.807) is 0 Å². The summed E-state index contributed by atoms with van der Waals surface area (Å²) in [6.07, 6.45) is 1.08. The quantitative estimate of drug-likeness (QED) is 0.786. The molecular formula is C12H16BO3. The number of hydrogen-bond donors (Lipinski definition) is 1.